The van der Waals surface area contributed by atoms with E-state index in [1.165, 1.54) is 62.5 Å². The zero-order valence-electron chi connectivity index (χ0n) is 30.0. The zero-order valence-corrected chi connectivity index (χ0v) is 30.0. The summed E-state index contributed by atoms with van der Waals surface area (Å²) in [5.74, 6) is 4.63. The first-order chi connectivity index (χ1) is 20.8. The van der Waals surface area contributed by atoms with Crippen LogP contribution in [0.2, 0.25) is 0 Å². The molecule has 0 bridgehead atoms. The number of hydrogen-bond acceptors (Lipinski definition) is 3. The summed E-state index contributed by atoms with van der Waals surface area (Å²) in [5, 5.41) is 0. The van der Waals surface area contributed by atoms with Crippen molar-refractivity contribution in [1.82, 2.24) is 0 Å². The van der Waals surface area contributed by atoms with Crippen LogP contribution in [0.25, 0.3) is 0 Å². The van der Waals surface area contributed by atoms with Crippen LogP contribution in [-0.2, 0) is 24.1 Å². The van der Waals surface area contributed by atoms with Crippen molar-refractivity contribution in [2.24, 2.45) is 23.7 Å². The summed E-state index contributed by atoms with van der Waals surface area (Å²) in [4.78, 5) is 13.0. The molecule has 3 rings (SSSR count). The molecule has 3 nitrogen and oxygen atoms in total. The number of rotatable bonds is 17. The number of carbonyl (C=O) groups excluding carboxylic acids is 1. The Bertz CT molecular complexity index is 1190. The molecule has 1 aliphatic heterocycles. The first-order valence-electron chi connectivity index (χ1n) is 17.9. The number of esters is 1. The predicted octanol–water partition coefficient (Wildman–Crippen LogP) is 11.5. The van der Waals surface area contributed by atoms with Crippen molar-refractivity contribution in [3.05, 3.63) is 57.6 Å². The average Bonchev–Trinajstić information content (AvgIpc) is 2.94. The van der Waals surface area contributed by atoms with Gasteiger partial charge in [-0.3, -0.25) is 4.79 Å². The van der Waals surface area contributed by atoms with Crippen molar-refractivity contribution in [3.8, 4) is 11.5 Å². The van der Waals surface area contributed by atoms with E-state index in [0.717, 1.165) is 77.2 Å². The van der Waals surface area contributed by atoms with Gasteiger partial charge in [-0.2, -0.15) is 0 Å². The molecule has 3 heteroatoms. The molecule has 0 saturated heterocycles. The van der Waals surface area contributed by atoms with Crippen molar-refractivity contribution in [1.29, 1.82) is 0 Å². The molecule has 0 N–H and O–H groups in total. The molecule has 0 aliphatic carbocycles. The molecule has 0 spiro atoms. The molecule has 0 radical (unpaired) electrons. The predicted molar refractivity (Wildman–Crippen MR) is 187 cm³/mol. The van der Waals surface area contributed by atoms with Crippen LogP contribution in [0.5, 0.6) is 11.5 Å². The van der Waals surface area contributed by atoms with E-state index in [4.69, 9.17) is 9.47 Å². The first kappa shape index (κ1) is 36.2. The molecule has 0 saturated carbocycles. The van der Waals surface area contributed by atoms with Gasteiger partial charge in [0.1, 0.15) is 17.1 Å². The van der Waals surface area contributed by atoms with Crippen molar-refractivity contribution >= 4 is 5.97 Å². The molecule has 1 heterocycles. The van der Waals surface area contributed by atoms with Gasteiger partial charge in [0.15, 0.2) is 0 Å². The third-order valence-corrected chi connectivity index (χ3v) is 10.1. The molecule has 3 atom stereocenters. The van der Waals surface area contributed by atoms with Gasteiger partial charge in [0.25, 0.3) is 0 Å². The standard InChI is InChI=1S/C41H64O3/c1-28(2)14-11-15-30(5)16-12-17-31(6)18-13-24-41(10)25-23-37-34(9)39(32(7)33(8)40(37)44-41)43-38(42)27-36-21-19-35(20-22-36)26-29(3)4/h19-22,28-31H,11-18,23-27H2,1-10H3. The third-order valence-electron chi connectivity index (χ3n) is 10.1. The minimum Gasteiger partial charge on any atom is -0.487 e. The van der Waals surface area contributed by atoms with Gasteiger partial charge in [-0.15, -0.1) is 0 Å². The Morgan fingerprint density at radius 1 is 0.773 bits per heavy atom. The second-order valence-corrected chi connectivity index (χ2v) is 15.5. The highest BCUT2D eigenvalue weighted by atomic mass is 16.5. The van der Waals surface area contributed by atoms with Gasteiger partial charge in [-0.05, 0) is 111 Å². The number of carbonyl (C=O) groups is 1. The molecular weight excluding hydrogens is 540 g/mol. The van der Waals surface area contributed by atoms with Crippen molar-refractivity contribution in [3.63, 3.8) is 0 Å². The second-order valence-electron chi connectivity index (χ2n) is 15.5. The number of ether oxygens (including phenoxy) is 2. The summed E-state index contributed by atoms with van der Waals surface area (Å²) >= 11 is 0. The van der Waals surface area contributed by atoms with Crippen LogP contribution in [0.3, 0.4) is 0 Å². The number of fused-ring (bicyclic) bond motifs is 1. The minimum absolute atomic E-state index is 0.138. The summed E-state index contributed by atoms with van der Waals surface area (Å²) in [5.41, 5.74) is 6.55. The second kappa shape index (κ2) is 16.9. The van der Waals surface area contributed by atoms with Gasteiger partial charge in [0.05, 0.1) is 6.42 Å². The van der Waals surface area contributed by atoms with E-state index in [0.29, 0.717) is 5.92 Å². The number of hydrogen-bond donors (Lipinski definition) is 0. The largest absolute Gasteiger partial charge is 0.487 e. The molecular formula is C41H64O3. The molecule has 44 heavy (non-hydrogen) atoms. The van der Waals surface area contributed by atoms with Crippen LogP contribution in [0, 0.1) is 44.4 Å². The van der Waals surface area contributed by atoms with Crippen LogP contribution in [-0.4, -0.2) is 11.6 Å². The van der Waals surface area contributed by atoms with Crippen LogP contribution in [0.15, 0.2) is 24.3 Å². The van der Waals surface area contributed by atoms with Crippen LogP contribution in [0.4, 0.5) is 0 Å². The summed E-state index contributed by atoms with van der Waals surface area (Å²) in [6.07, 6.45) is 15.1. The van der Waals surface area contributed by atoms with Crippen LogP contribution < -0.4 is 9.47 Å². The number of benzene rings is 2. The first-order valence-corrected chi connectivity index (χ1v) is 17.9. The molecule has 3 unspecified atom stereocenters. The van der Waals surface area contributed by atoms with E-state index in [1.54, 1.807) is 0 Å². The Hall–Kier alpha value is -2.29. The quantitative estimate of drug-likeness (QED) is 0.133. The topological polar surface area (TPSA) is 35.5 Å². The zero-order chi connectivity index (χ0) is 32.4. The van der Waals surface area contributed by atoms with E-state index in [2.05, 4.69) is 93.5 Å². The fourth-order valence-corrected chi connectivity index (χ4v) is 6.99. The normalized spacial score (nSPS) is 17.8. The molecule has 2 aromatic carbocycles. The summed E-state index contributed by atoms with van der Waals surface area (Å²) in [6, 6.07) is 8.38. The van der Waals surface area contributed by atoms with Crippen LogP contribution >= 0.6 is 0 Å². The SMILES string of the molecule is Cc1c(C)c2c(c(C)c1OC(=O)Cc1ccc(CC(C)C)cc1)CCC(C)(CCCC(C)CCCC(C)CCCC(C)C)O2. The van der Waals surface area contributed by atoms with E-state index in [1.807, 2.05) is 0 Å². The maximum atomic E-state index is 13.0. The fourth-order valence-electron chi connectivity index (χ4n) is 6.99. The average molecular weight is 605 g/mol. The fraction of sp³-hybridized carbons (Fsp3) is 0.683. The maximum absolute atomic E-state index is 13.0. The third kappa shape index (κ3) is 11.0. The molecule has 1 aliphatic rings. The Morgan fingerprint density at radius 2 is 1.34 bits per heavy atom. The monoisotopic (exact) mass is 604 g/mol. The molecule has 0 amide bonds. The Balaban J connectivity index is 1.51. The lowest BCUT2D eigenvalue weighted by Crippen LogP contribution is -2.37. The lowest BCUT2D eigenvalue weighted by molar-refractivity contribution is -0.133. The van der Waals surface area contributed by atoms with Gasteiger partial charge in [0, 0.05) is 5.56 Å². The van der Waals surface area contributed by atoms with Crippen LogP contribution in [0.1, 0.15) is 146 Å². The lowest BCUT2D eigenvalue weighted by Gasteiger charge is -2.38. The van der Waals surface area contributed by atoms with Gasteiger partial charge in [-0.1, -0.05) is 111 Å². The summed E-state index contributed by atoms with van der Waals surface area (Å²) in [7, 11) is 0. The van der Waals surface area contributed by atoms with E-state index < -0.39 is 0 Å². The highest BCUT2D eigenvalue weighted by Crippen LogP contribution is 2.45. The van der Waals surface area contributed by atoms with Crippen molar-refractivity contribution < 1.29 is 14.3 Å². The molecule has 0 fully saturated rings. The minimum atomic E-state index is -0.205. The summed E-state index contributed by atoms with van der Waals surface area (Å²) in [6.45, 7) is 22.6. The van der Waals surface area contributed by atoms with Gasteiger partial charge >= 0.3 is 5.97 Å². The van der Waals surface area contributed by atoms with Gasteiger partial charge < -0.3 is 9.47 Å². The van der Waals surface area contributed by atoms with Gasteiger partial charge in [0.2, 0.25) is 0 Å². The maximum Gasteiger partial charge on any atom is 0.315 e. The summed E-state index contributed by atoms with van der Waals surface area (Å²) < 4.78 is 12.9. The molecule has 0 aromatic heterocycles. The van der Waals surface area contributed by atoms with E-state index in [9.17, 15) is 4.79 Å². The molecule has 2 aromatic rings. The van der Waals surface area contributed by atoms with E-state index >= 15 is 0 Å². The smallest absolute Gasteiger partial charge is 0.315 e. The molecule has 246 valence electrons. The Morgan fingerprint density at radius 3 is 1.93 bits per heavy atom. The lowest BCUT2D eigenvalue weighted by atomic mass is 9.83. The Kier molecular flexibility index (Phi) is 13.9. The van der Waals surface area contributed by atoms with E-state index in [-0.39, 0.29) is 18.0 Å². The van der Waals surface area contributed by atoms with Crippen molar-refractivity contribution in [2.45, 2.75) is 158 Å². The highest BCUT2D eigenvalue weighted by molar-refractivity contribution is 5.77. The van der Waals surface area contributed by atoms with Gasteiger partial charge in [-0.25, -0.2) is 0 Å². The Labute approximate surface area is 270 Å². The highest BCUT2D eigenvalue weighted by Gasteiger charge is 2.34. The van der Waals surface area contributed by atoms with Crippen molar-refractivity contribution in [2.75, 3.05) is 0 Å².